The topological polar surface area (TPSA) is 170 Å². The Morgan fingerprint density at radius 2 is 2.14 bits per heavy atom. The number of nitrogens with one attached hydrogen (secondary N) is 2. The van der Waals surface area contributed by atoms with E-state index in [0.29, 0.717) is 0 Å². The number of amides is 3. The van der Waals surface area contributed by atoms with Crippen LogP contribution >= 0.6 is 34.5 Å². The predicted molar refractivity (Wildman–Crippen MR) is 93.4 cm³/mol. The third-order valence-corrected chi connectivity index (χ3v) is 5.32. The standard InChI is InChI=1S/C11H11Cl2N5O7S2.Na/c1-25-17-7(6-8(13)26-11(16-6)15-5(19)2-12)9(20)14-4-3-18(10(4)21)27(22,23)24;/h4H,2-3H2,1H3,(H,14,20)(H,15,16,19)(H,22,23,24);/q;+1/p-1. The van der Waals surface area contributed by atoms with Gasteiger partial charge in [0.2, 0.25) is 5.91 Å². The summed E-state index contributed by atoms with van der Waals surface area (Å²) < 4.78 is 32.4. The Morgan fingerprint density at radius 1 is 1.50 bits per heavy atom. The minimum atomic E-state index is -4.94. The molecule has 2 heterocycles. The molecule has 0 bridgehead atoms. The zero-order chi connectivity index (χ0) is 20.4. The summed E-state index contributed by atoms with van der Waals surface area (Å²) in [6, 6.07) is -1.24. The van der Waals surface area contributed by atoms with Crippen LogP contribution in [0, 0.1) is 0 Å². The number of anilines is 1. The maximum absolute atomic E-state index is 12.4. The third kappa shape index (κ3) is 5.76. The number of rotatable bonds is 7. The summed E-state index contributed by atoms with van der Waals surface area (Å²) in [4.78, 5) is 43.8. The van der Waals surface area contributed by atoms with Crippen LogP contribution < -0.4 is 40.2 Å². The number of carbonyl (C=O) groups is 3. The fraction of sp³-hybridized carbons (Fsp3) is 0.364. The molecule has 1 aliphatic rings. The SMILES string of the molecule is CON=C(C(=O)NC1CN(S(=O)(=O)[O-])C1=O)c1nc(NC(=O)CCl)sc1Cl.[Na+]. The number of thiazole rings is 1. The molecule has 1 fully saturated rings. The number of hydrogen-bond acceptors (Lipinski definition) is 10. The number of nitrogens with zero attached hydrogens (tertiary/aromatic N) is 3. The predicted octanol–water partition coefficient (Wildman–Crippen LogP) is -3.88. The van der Waals surface area contributed by atoms with Gasteiger partial charge in [0, 0.05) is 0 Å². The summed E-state index contributed by atoms with van der Waals surface area (Å²) in [5.74, 6) is -2.92. The van der Waals surface area contributed by atoms with Crippen molar-refractivity contribution in [2.45, 2.75) is 6.04 Å². The molecule has 2 N–H and O–H groups in total. The number of halogens is 2. The molecular formula is C11H10Cl2N5NaO7S2. The van der Waals surface area contributed by atoms with Crippen LogP contribution in [0.2, 0.25) is 4.34 Å². The molecule has 12 nitrogen and oxygen atoms in total. The fourth-order valence-corrected chi connectivity index (χ4v) is 3.68. The second kappa shape index (κ2) is 10.2. The van der Waals surface area contributed by atoms with Crippen molar-refractivity contribution in [2.75, 3.05) is 24.9 Å². The number of carbonyl (C=O) groups excluding carboxylic acids is 3. The first-order valence-electron chi connectivity index (χ1n) is 6.80. The molecule has 1 aromatic heterocycles. The molecule has 1 aromatic rings. The van der Waals surface area contributed by atoms with Gasteiger partial charge in [0.25, 0.3) is 11.8 Å². The van der Waals surface area contributed by atoms with E-state index in [1.54, 1.807) is 0 Å². The van der Waals surface area contributed by atoms with E-state index in [1.165, 1.54) is 0 Å². The van der Waals surface area contributed by atoms with Crippen LogP contribution in [-0.2, 0) is 29.5 Å². The molecule has 17 heteroatoms. The van der Waals surface area contributed by atoms with Gasteiger partial charge in [-0.3, -0.25) is 14.4 Å². The molecule has 148 valence electrons. The maximum Gasteiger partial charge on any atom is 1.00 e. The van der Waals surface area contributed by atoms with Crippen LogP contribution in [0.1, 0.15) is 5.69 Å². The van der Waals surface area contributed by atoms with Gasteiger partial charge in [0.15, 0.2) is 21.1 Å². The van der Waals surface area contributed by atoms with Crippen molar-refractivity contribution >= 4 is 73.4 Å². The van der Waals surface area contributed by atoms with E-state index in [2.05, 4.69) is 25.6 Å². The molecule has 2 rings (SSSR count). The molecule has 1 aliphatic heterocycles. The van der Waals surface area contributed by atoms with Crippen molar-refractivity contribution in [1.29, 1.82) is 0 Å². The summed E-state index contributed by atoms with van der Waals surface area (Å²) in [5.41, 5.74) is -0.577. The van der Waals surface area contributed by atoms with E-state index in [4.69, 9.17) is 23.2 Å². The molecule has 1 atom stereocenters. The minimum absolute atomic E-state index is 0. The van der Waals surface area contributed by atoms with Gasteiger partial charge in [0.1, 0.15) is 29.1 Å². The van der Waals surface area contributed by atoms with Gasteiger partial charge >= 0.3 is 29.6 Å². The first kappa shape index (κ1) is 25.0. The van der Waals surface area contributed by atoms with Crippen molar-refractivity contribution in [2.24, 2.45) is 5.16 Å². The third-order valence-electron chi connectivity index (χ3n) is 3.04. The van der Waals surface area contributed by atoms with Crippen molar-refractivity contribution in [3.05, 3.63) is 10.0 Å². The zero-order valence-electron chi connectivity index (χ0n) is 14.3. The summed E-state index contributed by atoms with van der Waals surface area (Å²) in [6.45, 7) is -0.515. The van der Waals surface area contributed by atoms with E-state index in [1.807, 2.05) is 0 Å². The molecular weight excluding hydrogens is 472 g/mol. The Bertz CT molecular complexity index is 922. The Kier molecular flexibility index (Phi) is 9.08. The summed E-state index contributed by atoms with van der Waals surface area (Å²) in [5, 5.41) is 8.07. The van der Waals surface area contributed by atoms with Gasteiger partial charge < -0.3 is 20.0 Å². The van der Waals surface area contributed by atoms with Crippen LogP contribution in [0.4, 0.5) is 5.13 Å². The number of oxime groups is 1. The number of aromatic nitrogens is 1. The summed E-state index contributed by atoms with van der Waals surface area (Å²) >= 11 is 12.2. The van der Waals surface area contributed by atoms with Crippen molar-refractivity contribution in [3.63, 3.8) is 0 Å². The monoisotopic (exact) mass is 481 g/mol. The molecule has 0 radical (unpaired) electrons. The zero-order valence-corrected chi connectivity index (χ0v) is 19.4. The first-order valence-corrected chi connectivity index (χ1v) is 9.89. The molecule has 1 unspecified atom stereocenters. The average molecular weight is 482 g/mol. The smallest absolute Gasteiger partial charge is 0.731 e. The summed E-state index contributed by atoms with van der Waals surface area (Å²) in [6.07, 6.45) is 0. The van der Waals surface area contributed by atoms with Gasteiger partial charge in [-0.1, -0.05) is 28.1 Å². The molecule has 3 amide bonds. The quantitative estimate of drug-likeness (QED) is 0.0993. The molecule has 1 saturated heterocycles. The first-order chi connectivity index (χ1) is 12.6. The maximum atomic E-state index is 12.4. The number of β-lactam (4-membered cyclic amide) rings is 1. The van der Waals surface area contributed by atoms with Crippen LogP contribution in [0.5, 0.6) is 0 Å². The van der Waals surface area contributed by atoms with E-state index < -0.39 is 46.3 Å². The Balaban J connectivity index is 0.00000392. The van der Waals surface area contributed by atoms with Gasteiger partial charge in [-0.15, -0.1) is 11.6 Å². The molecule has 0 aromatic carbocycles. The van der Waals surface area contributed by atoms with Gasteiger partial charge in [-0.25, -0.2) is 17.7 Å². The van der Waals surface area contributed by atoms with Gasteiger partial charge in [-0.05, 0) is 0 Å². The fourth-order valence-electron chi connectivity index (χ4n) is 1.87. The van der Waals surface area contributed by atoms with Crippen LogP contribution in [0.3, 0.4) is 0 Å². The van der Waals surface area contributed by atoms with Gasteiger partial charge in [0.05, 0.1) is 6.54 Å². The van der Waals surface area contributed by atoms with Crippen molar-refractivity contribution < 1.29 is 61.7 Å². The molecule has 0 saturated carbocycles. The second-order valence-electron chi connectivity index (χ2n) is 4.80. The number of hydrogen-bond donors (Lipinski definition) is 2. The average Bonchev–Trinajstić information content (AvgIpc) is 2.93. The van der Waals surface area contributed by atoms with Crippen molar-refractivity contribution in [1.82, 2.24) is 14.6 Å². The van der Waals surface area contributed by atoms with E-state index in [-0.39, 0.29) is 54.9 Å². The largest absolute Gasteiger partial charge is 1.00 e. The van der Waals surface area contributed by atoms with Crippen LogP contribution in [0.25, 0.3) is 0 Å². The Hall–Kier alpha value is -1.00. The van der Waals surface area contributed by atoms with Crippen LogP contribution in [0.15, 0.2) is 5.16 Å². The Labute approximate surface area is 194 Å². The van der Waals surface area contributed by atoms with E-state index in [9.17, 15) is 27.4 Å². The van der Waals surface area contributed by atoms with E-state index >= 15 is 0 Å². The van der Waals surface area contributed by atoms with Gasteiger partial charge in [-0.2, -0.15) is 0 Å². The Morgan fingerprint density at radius 3 is 2.64 bits per heavy atom. The van der Waals surface area contributed by atoms with Crippen molar-refractivity contribution in [3.8, 4) is 0 Å². The van der Waals surface area contributed by atoms with Crippen LogP contribution in [-0.4, -0.2) is 71.3 Å². The number of alkyl halides is 1. The molecule has 0 aliphatic carbocycles. The molecule has 28 heavy (non-hydrogen) atoms. The van der Waals surface area contributed by atoms with E-state index in [0.717, 1.165) is 18.4 Å². The normalized spacial score (nSPS) is 16.7. The summed E-state index contributed by atoms with van der Waals surface area (Å²) in [7, 11) is -3.80. The minimum Gasteiger partial charge on any atom is -0.731 e. The second-order valence-corrected chi connectivity index (χ2v) is 7.96. The molecule has 0 spiro atoms.